The zero-order valence-electron chi connectivity index (χ0n) is 19.3. The first kappa shape index (κ1) is 24.9. The van der Waals surface area contributed by atoms with E-state index in [1.54, 1.807) is 36.4 Å². The first-order chi connectivity index (χ1) is 17.0. The smallest absolute Gasteiger partial charge is 0.248 e. The number of hydrogen-bond acceptors (Lipinski definition) is 7. The van der Waals surface area contributed by atoms with Crippen molar-refractivity contribution in [3.8, 4) is 6.07 Å². The summed E-state index contributed by atoms with van der Waals surface area (Å²) in [5.41, 5.74) is 2.01. The molecule has 184 valence electrons. The Labute approximate surface area is 205 Å². The Morgan fingerprint density at radius 2 is 1.94 bits per heavy atom. The largest absolute Gasteiger partial charge is 0.381 e. The molecule has 1 atom stereocenters. The first-order valence-corrected chi connectivity index (χ1v) is 13.0. The molecule has 2 N–H and O–H groups in total. The number of morpholine rings is 1. The number of carbonyl (C=O) groups is 1. The minimum Gasteiger partial charge on any atom is -0.381 e. The number of carbonyl (C=O) groups excluding carboxylic acids is 1. The fourth-order valence-corrected chi connectivity index (χ4v) is 5.43. The van der Waals surface area contributed by atoms with E-state index in [4.69, 9.17) is 9.47 Å². The Morgan fingerprint density at radius 3 is 2.69 bits per heavy atom. The zero-order chi connectivity index (χ0) is 24.7. The van der Waals surface area contributed by atoms with E-state index in [-0.39, 0.29) is 24.1 Å². The van der Waals surface area contributed by atoms with Crippen LogP contribution in [-0.4, -0.2) is 64.2 Å². The van der Waals surface area contributed by atoms with Crippen molar-refractivity contribution < 1.29 is 22.7 Å². The molecule has 0 aliphatic carbocycles. The minimum atomic E-state index is -3.74. The molecule has 0 spiro atoms. The predicted molar refractivity (Wildman–Crippen MR) is 132 cm³/mol. The van der Waals surface area contributed by atoms with Crippen LogP contribution >= 0.6 is 0 Å². The van der Waals surface area contributed by atoms with E-state index in [9.17, 15) is 18.5 Å². The molecular formula is C25H28N4O5S. The highest BCUT2D eigenvalue weighted by atomic mass is 32.2. The van der Waals surface area contributed by atoms with Crippen LogP contribution in [0.5, 0.6) is 0 Å². The monoisotopic (exact) mass is 496 g/mol. The second-order valence-electron chi connectivity index (χ2n) is 8.26. The third-order valence-electron chi connectivity index (χ3n) is 5.90. The van der Waals surface area contributed by atoms with Crippen LogP contribution < -0.4 is 10.6 Å². The van der Waals surface area contributed by atoms with Crippen molar-refractivity contribution in [1.82, 2.24) is 4.31 Å². The zero-order valence-corrected chi connectivity index (χ0v) is 20.1. The normalized spacial score (nSPS) is 18.9. The lowest BCUT2D eigenvalue weighted by Crippen LogP contribution is -2.40. The van der Waals surface area contributed by atoms with Gasteiger partial charge in [0, 0.05) is 32.3 Å². The van der Waals surface area contributed by atoms with E-state index < -0.39 is 15.9 Å². The molecule has 0 aromatic heterocycles. The molecule has 10 heteroatoms. The fourth-order valence-electron chi connectivity index (χ4n) is 3.99. The van der Waals surface area contributed by atoms with Gasteiger partial charge in [-0.05, 0) is 48.7 Å². The number of nitriles is 1. The number of anilines is 2. The lowest BCUT2D eigenvalue weighted by atomic mass is 10.1. The van der Waals surface area contributed by atoms with Crippen LogP contribution in [0, 0.1) is 11.3 Å². The highest BCUT2D eigenvalue weighted by Gasteiger charge is 2.27. The van der Waals surface area contributed by atoms with E-state index in [0.717, 1.165) is 19.4 Å². The average molecular weight is 497 g/mol. The maximum atomic E-state index is 13.2. The molecule has 0 saturated carbocycles. The Kier molecular flexibility index (Phi) is 8.15. The minimum absolute atomic E-state index is 0.0673. The molecule has 2 fully saturated rings. The first-order valence-electron chi connectivity index (χ1n) is 11.5. The van der Waals surface area contributed by atoms with Gasteiger partial charge in [-0.1, -0.05) is 18.2 Å². The Hall–Kier alpha value is -3.23. The summed E-state index contributed by atoms with van der Waals surface area (Å²) in [5, 5.41) is 15.3. The van der Waals surface area contributed by atoms with Crippen molar-refractivity contribution in [2.45, 2.75) is 23.8 Å². The highest BCUT2D eigenvalue weighted by Crippen LogP contribution is 2.28. The van der Waals surface area contributed by atoms with Gasteiger partial charge in [-0.3, -0.25) is 4.79 Å². The molecule has 35 heavy (non-hydrogen) atoms. The Bertz CT molecular complexity index is 1230. The fraction of sp³-hybridized carbons (Fsp3) is 0.360. The van der Waals surface area contributed by atoms with E-state index >= 15 is 0 Å². The third-order valence-corrected chi connectivity index (χ3v) is 7.79. The van der Waals surface area contributed by atoms with Crippen LogP contribution in [0.3, 0.4) is 0 Å². The molecular weight excluding hydrogens is 468 g/mol. The number of nitrogens with zero attached hydrogens (tertiary/aromatic N) is 2. The van der Waals surface area contributed by atoms with Crippen LogP contribution in [0.4, 0.5) is 11.4 Å². The summed E-state index contributed by atoms with van der Waals surface area (Å²) in [6.45, 7) is 2.53. The highest BCUT2D eigenvalue weighted by molar-refractivity contribution is 7.89. The summed E-state index contributed by atoms with van der Waals surface area (Å²) in [5.74, 6) is -0.446. The molecule has 2 aliphatic heterocycles. The number of sulfonamides is 1. The van der Waals surface area contributed by atoms with Gasteiger partial charge in [0.25, 0.3) is 0 Å². The molecule has 2 heterocycles. The number of amides is 1. The number of benzene rings is 2. The summed E-state index contributed by atoms with van der Waals surface area (Å²) in [4.78, 5) is 12.8. The maximum absolute atomic E-state index is 13.2. The van der Waals surface area contributed by atoms with Gasteiger partial charge in [0.1, 0.15) is 0 Å². The second kappa shape index (κ2) is 11.5. The van der Waals surface area contributed by atoms with Gasteiger partial charge in [-0.25, -0.2) is 8.42 Å². The third kappa shape index (κ3) is 6.26. The molecule has 0 bridgehead atoms. The standard InChI is InChI=1S/C25H28N4O5S/c26-17-20-5-2-1-4-19(20)7-10-25(30)28-24-16-22(35(31,32)29-11-14-33-15-12-29)8-9-23(24)27-18-21-6-3-13-34-21/h1-2,4-5,7-10,16,21,27H,3,6,11-15,18H2,(H,28,30)/b10-7+. The summed E-state index contributed by atoms with van der Waals surface area (Å²) >= 11 is 0. The number of nitrogens with one attached hydrogen (secondary N) is 2. The van der Waals surface area contributed by atoms with Crippen molar-refractivity contribution >= 4 is 33.4 Å². The predicted octanol–water partition coefficient (Wildman–Crippen LogP) is 2.82. The van der Waals surface area contributed by atoms with Gasteiger partial charge < -0.3 is 20.1 Å². The molecule has 1 amide bonds. The van der Waals surface area contributed by atoms with E-state index in [0.29, 0.717) is 42.3 Å². The van der Waals surface area contributed by atoms with E-state index in [1.807, 2.05) is 0 Å². The lowest BCUT2D eigenvalue weighted by molar-refractivity contribution is -0.111. The molecule has 0 radical (unpaired) electrons. The molecule has 2 aliphatic rings. The Morgan fingerprint density at radius 1 is 1.14 bits per heavy atom. The molecule has 4 rings (SSSR count). The molecule has 1 unspecified atom stereocenters. The van der Waals surface area contributed by atoms with Gasteiger partial charge in [0.05, 0.1) is 47.2 Å². The number of ether oxygens (including phenoxy) is 2. The Balaban J connectivity index is 1.57. The van der Waals surface area contributed by atoms with Crippen LogP contribution in [0.1, 0.15) is 24.0 Å². The average Bonchev–Trinajstić information content (AvgIpc) is 3.41. The molecule has 2 aromatic rings. The summed E-state index contributed by atoms with van der Waals surface area (Å²) in [7, 11) is -3.74. The van der Waals surface area contributed by atoms with Gasteiger partial charge in [-0.2, -0.15) is 9.57 Å². The van der Waals surface area contributed by atoms with Gasteiger partial charge in [-0.15, -0.1) is 0 Å². The number of rotatable bonds is 8. The van der Waals surface area contributed by atoms with Crippen molar-refractivity contribution in [2.75, 3.05) is 50.1 Å². The topological polar surface area (TPSA) is 121 Å². The maximum Gasteiger partial charge on any atom is 0.248 e. The van der Waals surface area contributed by atoms with Crippen LogP contribution in [0.15, 0.2) is 53.4 Å². The van der Waals surface area contributed by atoms with Gasteiger partial charge >= 0.3 is 0 Å². The summed E-state index contributed by atoms with van der Waals surface area (Å²) < 4.78 is 38.6. The van der Waals surface area contributed by atoms with Crippen molar-refractivity contribution in [3.05, 3.63) is 59.7 Å². The number of hydrogen-bond donors (Lipinski definition) is 2. The molecule has 2 aromatic carbocycles. The van der Waals surface area contributed by atoms with Crippen molar-refractivity contribution in [2.24, 2.45) is 0 Å². The summed E-state index contributed by atoms with van der Waals surface area (Å²) in [6.07, 6.45) is 4.89. The summed E-state index contributed by atoms with van der Waals surface area (Å²) in [6, 6.07) is 13.7. The van der Waals surface area contributed by atoms with Crippen LogP contribution in [0.2, 0.25) is 0 Å². The molecule has 9 nitrogen and oxygen atoms in total. The van der Waals surface area contributed by atoms with E-state index in [2.05, 4.69) is 16.7 Å². The molecule has 2 saturated heterocycles. The quantitative estimate of drug-likeness (QED) is 0.539. The lowest BCUT2D eigenvalue weighted by Gasteiger charge is -2.26. The SMILES string of the molecule is N#Cc1ccccc1/C=C/C(=O)Nc1cc(S(=O)(=O)N2CCOCC2)ccc1NCC1CCCO1. The van der Waals surface area contributed by atoms with Crippen molar-refractivity contribution in [1.29, 1.82) is 5.26 Å². The van der Waals surface area contributed by atoms with Crippen LogP contribution in [0.25, 0.3) is 6.08 Å². The van der Waals surface area contributed by atoms with Gasteiger partial charge in [0.2, 0.25) is 15.9 Å². The van der Waals surface area contributed by atoms with Crippen molar-refractivity contribution in [3.63, 3.8) is 0 Å². The second-order valence-corrected chi connectivity index (χ2v) is 10.2. The van der Waals surface area contributed by atoms with E-state index in [1.165, 1.54) is 22.5 Å². The van der Waals surface area contributed by atoms with Crippen LogP contribution in [-0.2, 0) is 24.3 Å². The van der Waals surface area contributed by atoms with Gasteiger partial charge in [0.15, 0.2) is 0 Å².